The first-order chi connectivity index (χ1) is 8.22. The predicted octanol–water partition coefficient (Wildman–Crippen LogP) is 1.41. The van der Waals surface area contributed by atoms with Crippen LogP contribution >= 0.6 is 11.3 Å². The van der Waals surface area contributed by atoms with Gasteiger partial charge in [0, 0.05) is 37.4 Å². The summed E-state index contributed by atoms with van der Waals surface area (Å²) in [7, 11) is 1.88. The fraction of sp³-hybridized carbons (Fsp3) is 0.273. The standard InChI is InChI=1S/C11H12N4OS/c1-14-6-9(12-7-14)10(16)4-8-5-15-2-3-17-11(15)13-8/h2-3,5-7,10,16H,4H2,1H3. The maximum Gasteiger partial charge on any atom is 0.193 e. The fourth-order valence-electron chi connectivity index (χ4n) is 1.78. The number of nitrogens with zero attached hydrogens (tertiary/aromatic N) is 4. The van der Waals surface area contributed by atoms with Crippen LogP contribution in [0.4, 0.5) is 0 Å². The molecule has 88 valence electrons. The van der Waals surface area contributed by atoms with Gasteiger partial charge in [-0.15, -0.1) is 11.3 Å². The molecule has 0 saturated heterocycles. The van der Waals surface area contributed by atoms with Gasteiger partial charge in [-0.2, -0.15) is 0 Å². The highest BCUT2D eigenvalue weighted by atomic mass is 32.1. The zero-order valence-corrected chi connectivity index (χ0v) is 10.1. The molecule has 0 spiro atoms. The van der Waals surface area contributed by atoms with E-state index in [1.807, 2.05) is 40.0 Å². The van der Waals surface area contributed by atoms with E-state index in [0.29, 0.717) is 12.1 Å². The summed E-state index contributed by atoms with van der Waals surface area (Å²) in [5, 5.41) is 12.0. The van der Waals surface area contributed by atoms with Crippen LogP contribution in [0.25, 0.3) is 4.96 Å². The van der Waals surface area contributed by atoms with Crippen LogP contribution in [0.5, 0.6) is 0 Å². The van der Waals surface area contributed by atoms with Crippen LogP contribution in [0.3, 0.4) is 0 Å². The van der Waals surface area contributed by atoms with Crippen molar-refractivity contribution >= 4 is 16.3 Å². The largest absolute Gasteiger partial charge is 0.386 e. The second kappa shape index (κ2) is 3.97. The van der Waals surface area contributed by atoms with E-state index in [-0.39, 0.29) is 0 Å². The SMILES string of the molecule is Cn1cnc(C(O)Cc2cn3ccsc3n2)c1. The van der Waals surface area contributed by atoms with Crippen LogP contribution in [-0.2, 0) is 13.5 Å². The highest BCUT2D eigenvalue weighted by Gasteiger charge is 2.13. The number of fused-ring (bicyclic) bond motifs is 1. The second-order valence-corrected chi connectivity index (χ2v) is 4.88. The fourth-order valence-corrected chi connectivity index (χ4v) is 2.50. The van der Waals surface area contributed by atoms with Crippen LogP contribution < -0.4 is 0 Å². The molecule has 3 aromatic rings. The van der Waals surface area contributed by atoms with Gasteiger partial charge in [-0.05, 0) is 0 Å². The molecular formula is C11H12N4OS. The van der Waals surface area contributed by atoms with Crippen molar-refractivity contribution in [2.45, 2.75) is 12.5 Å². The Morgan fingerprint density at radius 3 is 3.06 bits per heavy atom. The molecule has 17 heavy (non-hydrogen) atoms. The summed E-state index contributed by atoms with van der Waals surface area (Å²) in [6.07, 6.45) is 7.31. The molecule has 1 N–H and O–H groups in total. The highest BCUT2D eigenvalue weighted by Crippen LogP contribution is 2.18. The van der Waals surface area contributed by atoms with Crippen molar-refractivity contribution in [2.75, 3.05) is 0 Å². The maximum absolute atomic E-state index is 10.0. The van der Waals surface area contributed by atoms with E-state index < -0.39 is 6.10 Å². The van der Waals surface area contributed by atoms with Gasteiger partial charge in [0.25, 0.3) is 0 Å². The summed E-state index contributed by atoms with van der Waals surface area (Å²) >= 11 is 1.59. The molecule has 0 aliphatic carbocycles. The molecule has 6 heteroatoms. The average Bonchev–Trinajstić information content (AvgIpc) is 2.92. The first-order valence-corrected chi connectivity index (χ1v) is 6.17. The lowest BCUT2D eigenvalue weighted by molar-refractivity contribution is 0.173. The molecule has 3 rings (SSSR count). The van der Waals surface area contributed by atoms with Gasteiger partial charge in [0.05, 0.1) is 17.7 Å². The van der Waals surface area contributed by atoms with Gasteiger partial charge in [-0.3, -0.25) is 4.40 Å². The Morgan fingerprint density at radius 1 is 1.47 bits per heavy atom. The molecule has 0 radical (unpaired) electrons. The minimum Gasteiger partial charge on any atom is -0.386 e. The number of rotatable bonds is 3. The van der Waals surface area contributed by atoms with E-state index in [9.17, 15) is 5.11 Å². The monoisotopic (exact) mass is 248 g/mol. The second-order valence-electron chi connectivity index (χ2n) is 4.01. The van der Waals surface area contributed by atoms with E-state index >= 15 is 0 Å². The van der Waals surface area contributed by atoms with Crippen molar-refractivity contribution in [1.29, 1.82) is 0 Å². The Kier molecular flexibility index (Phi) is 2.45. The van der Waals surface area contributed by atoms with Crippen molar-refractivity contribution in [3.63, 3.8) is 0 Å². The summed E-state index contributed by atoms with van der Waals surface area (Å²) in [6.45, 7) is 0. The molecule has 1 atom stereocenters. The molecule has 1 unspecified atom stereocenters. The lowest BCUT2D eigenvalue weighted by atomic mass is 10.1. The molecule has 0 aliphatic rings. The van der Waals surface area contributed by atoms with Gasteiger partial charge in [-0.1, -0.05) is 0 Å². The number of aryl methyl sites for hydroxylation is 1. The van der Waals surface area contributed by atoms with Crippen molar-refractivity contribution < 1.29 is 5.11 Å². The summed E-state index contributed by atoms with van der Waals surface area (Å²) < 4.78 is 3.79. The topological polar surface area (TPSA) is 55.3 Å². The van der Waals surface area contributed by atoms with Crippen LogP contribution in [0, 0.1) is 0 Å². The Hall–Kier alpha value is -1.66. The highest BCUT2D eigenvalue weighted by molar-refractivity contribution is 7.15. The first-order valence-electron chi connectivity index (χ1n) is 5.29. The summed E-state index contributed by atoms with van der Waals surface area (Å²) in [6, 6.07) is 0. The van der Waals surface area contributed by atoms with E-state index in [1.165, 1.54) is 0 Å². The third-order valence-electron chi connectivity index (χ3n) is 2.61. The van der Waals surface area contributed by atoms with Gasteiger partial charge < -0.3 is 9.67 Å². The number of aliphatic hydroxyl groups excluding tert-OH is 1. The predicted molar refractivity (Wildman–Crippen MR) is 64.9 cm³/mol. The molecule has 0 amide bonds. The zero-order chi connectivity index (χ0) is 11.8. The number of aromatic nitrogens is 4. The van der Waals surface area contributed by atoms with Gasteiger partial charge >= 0.3 is 0 Å². The van der Waals surface area contributed by atoms with Crippen molar-refractivity contribution in [1.82, 2.24) is 18.9 Å². The minimum atomic E-state index is -0.596. The Bertz CT molecular complexity index is 610. The van der Waals surface area contributed by atoms with Gasteiger partial charge in [0.2, 0.25) is 0 Å². The van der Waals surface area contributed by atoms with Gasteiger partial charge in [0.15, 0.2) is 4.96 Å². The first kappa shape index (κ1) is 10.5. The number of imidazole rings is 2. The van der Waals surface area contributed by atoms with Crippen LogP contribution in [-0.4, -0.2) is 24.0 Å². The van der Waals surface area contributed by atoms with Crippen molar-refractivity contribution in [3.05, 3.63) is 41.7 Å². The van der Waals surface area contributed by atoms with Gasteiger partial charge in [-0.25, -0.2) is 9.97 Å². The summed E-state index contributed by atoms with van der Waals surface area (Å²) in [4.78, 5) is 9.52. The number of hydrogen-bond donors (Lipinski definition) is 1. The number of hydrogen-bond acceptors (Lipinski definition) is 4. The van der Waals surface area contributed by atoms with Gasteiger partial charge in [0.1, 0.15) is 6.10 Å². The lowest BCUT2D eigenvalue weighted by Crippen LogP contribution is -2.02. The molecule has 3 aromatic heterocycles. The maximum atomic E-state index is 10.0. The molecule has 5 nitrogen and oxygen atoms in total. The summed E-state index contributed by atoms with van der Waals surface area (Å²) in [5.74, 6) is 0. The molecular weight excluding hydrogens is 236 g/mol. The van der Waals surface area contributed by atoms with Crippen LogP contribution in [0.15, 0.2) is 30.3 Å². The lowest BCUT2D eigenvalue weighted by Gasteiger charge is -2.04. The molecule has 0 bridgehead atoms. The van der Waals surface area contributed by atoms with Crippen LogP contribution in [0.1, 0.15) is 17.5 Å². The normalized spacial score (nSPS) is 13.3. The number of thiazole rings is 1. The van der Waals surface area contributed by atoms with E-state index in [2.05, 4.69) is 9.97 Å². The number of aliphatic hydroxyl groups is 1. The Balaban J connectivity index is 1.80. The third-order valence-corrected chi connectivity index (χ3v) is 3.38. The molecule has 0 aliphatic heterocycles. The van der Waals surface area contributed by atoms with E-state index in [0.717, 1.165) is 10.7 Å². The smallest absolute Gasteiger partial charge is 0.193 e. The van der Waals surface area contributed by atoms with Crippen molar-refractivity contribution in [3.8, 4) is 0 Å². The van der Waals surface area contributed by atoms with E-state index in [1.54, 1.807) is 17.7 Å². The molecule has 3 heterocycles. The average molecular weight is 248 g/mol. The Morgan fingerprint density at radius 2 is 2.35 bits per heavy atom. The quantitative estimate of drug-likeness (QED) is 0.762. The molecule has 0 fully saturated rings. The van der Waals surface area contributed by atoms with Crippen molar-refractivity contribution in [2.24, 2.45) is 7.05 Å². The Labute approximate surface area is 102 Å². The molecule has 0 saturated carbocycles. The molecule has 0 aromatic carbocycles. The van der Waals surface area contributed by atoms with Crippen LogP contribution in [0.2, 0.25) is 0 Å². The zero-order valence-electron chi connectivity index (χ0n) is 9.32. The minimum absolute atomic E-state index is 0.491. The third kappa shape index (κ3) is 1.96. The van der Waals surface area contributed by atoms with E-state index in [4.69, 9.17) is 0 Å². The summed E-state index contributed by atoms with van der Waals surface area (Å²) in [5.41, 5.74) is 1.57.